The number of nitrogens with one attached hydrogen (secondary N) is 2. The predicted molar refractivity (Wildman–Crippen MR) is 121 cm³/mol. The van der Waals surface area contributed by atoms with E-state index in [4.69, 9.17) is 9.73 Å². The molecule has 0 aliphatic heterocycles. The van der Waals surface area contributed by atoms with E-state index in [0.717, 1.165) is 49.3 Å². The molecule has 0 atom stereocenters. The van der Waals surface area contributed by atoms with Gasteiger partial charge in [0.1, 0.15) is 5.75 Å². The van der Waals surface area contributed by atoms with Crippen LogP contribution in [0.15, 0.2) is 53.8 Å². The number of ether oxygens (including phenoxy) is 1. The van der Waals surface area contributed by atoms with Crippen LogP contribution in [-0.2, 0) is 13.0 Å². The van der Waals surface area contributed by atoms with Crippen molar-refractivity contribution in [3.05, 3.63) is 59.9 Å². The monoisotopic (exact) mass is 480 g/mol. The maximum atomic E-state index is 5.98. The van der Waals surface area contributed by atoms with E-state index < -0.39 is 0 Å². The third kappa shape index (κ3) is 7.74. The Labute approximate surface area is 179 Å². The Hall–Kier alpha value is -1.83. The molecule has 1 aromatic heterocycles. The second-order valence-corrected chi connectivity index (χ2v) is 6.60. The van der Waals surface area contributed by atoms with E-state index in [0.29, 0.717) is 6.54 Å². The number of hydrogen-bond acceptors (Lipinski definition) is 3. The molecule has 2 aromatic rings. The zero-order valence-corrected chi connectivity index (χ0v) is 18.2. The summed E-state index contributed by atoms with van der Waals surface area (Å²) in [6, 6.07) is 12.2. The lowest BCUT2D eigenvalue weighted by Crippen LogP contribution is -2.38. The number of pyridine rings is 1. The number of halogens is 1. The number of hydrogen-bond donors (Lipinski definition) is 2. The maximum Gasteiger partial charge on any atom is 0.191 e. The molecule has 0 unspecified atom stereocenters. The summed E-state index contributed by atoms with van der Waals surface area (Å²) in [6.07, 6.45) is 7.21. The lowest BCUT2D eigenvalue weighted by molar-refractivity contribution is 0.297. The van der Waals surface area contributed by atoms with Crippen molar-refractivity contribution in [1.29, 1.82) is 0 Å². The van der Waals surface area contributed by atoms with Gasteiger partial charge in [-0.1, -0.05) is 24.3 Å². The molecule has 0 bridgehead atoms. The van der Waals surface area contributed by atoms with E-state index >= 15 is 0 Å². The fourth-order valence-electron chi connectivity index (χ4n) is 2.64. The van der Waals surface area contributed by atoms with Crippen LogP contribution in [0, 0.1) is 5.92 Å². The number of para-hydroxylation sites is 1. The zero-order chi connectivity index (χ0) is 18.0. The number of aromatic nitrogens is 1. The Balaban J connectivity index is 0.00000261. The van der Waals surface area contributed by atoms with E-state index in [2.05, 4.69) is 34.7 Å². The molecule has 1 aliphatic carbocycles. The number of guanidine groups is 1. The van der Waals surface area contributed by atoms with Crippen LogP contribution in [0.1, 0.15) is 30.9 Å². The van der Waals surface area contributed by atoms with Crippen LogP contribution >= 0.6 is 24.0 Å². The number of benzene rings is 1. The molecule has 146 valence electrons. The van der Waals surface area contributed by atoms with E-state index in [1.165, 1.54) is 18.4 Å². The van der Waals surface area contributed by atoms with Gasteiger partial charge in [0, 0.05) is 31.0 Å². The molecular weight excluding hydrogens is 451 g/mol. The van der Waals surface area contributed by atoms with Gasteiger partial charge in [-0.3, -0.25) is 4.98 Å². The molecule has 3 rings (SSSR count). The summed E-state index contributed by atoms with van der Waals surface area (Å²) in [4.78, 5) is 8.87. The minimum atomic E-state index is 0. The van der Waals surface area contributed by atoms with E-state index in [9.17, 15) is 0 Å². The van der Waals surface area contributed by atoms with Gasteiger partial charge in [0.05, 0.1) is 13.2 Å². The Morgan fingerprint density at radius 3 is 2.78 bits per heavy atom. The molecule has 1 aliphatic rings. The molecule has 0 spiro atoms. The van der Waals surface area contributed by atoms with Gasteiger partial charge >= 0.3 is 0 Å². The van der Waals surface area contributed by atoms with Gasteiger partial charge in [0.2, 0.25) is 0 Å². The molecular formula is C21H29IN4O. The summed E-state index contributed by atoms with van der Waals surface area (Å²) < 4.78 is 5.98. The van der Waals surface area contributed by atoms with Gasteiger partial charge in [-0.15, -0.1) is 24.0 Å². The standard InChI is InChI=1S/C21H28N4O.HI/c1-2-23-21(24-13-11-17-6-5-12-22-14-17)25-15-19-7-3-4-8-20(19)26-16-18-9-10-18;/h3-8,12,14,18H,2,9-11,13,15-16H2,1H3,(H2,23,24,25);1H. The Kier molecular flexibility index (Phi) is 9.38. The Morgan fingerprint density at radius 1 is 1.19 bits per heavy atom. The van der Waals surface area contributed by atoms with Crippen LogP contribution in [0.5, 0.6) is 5.75 Å². The van der Waals surface area contributed by atoms with Crippen molar-refractivity contribution in [2.24, 2.45) is 10.9 Å². The fraction of sp³-hybridized carbons (Fsp3) is 0.429. The maximum absolute atomic E-state index is 5.98. The Bertz CT molecular complexity index is 704. The topological polar surface area (TPSA) is 58.5 Å². The molecule has 2 N–H and O–H groups in total. The molecule has 1 fully saturated rings. The third-order valence-corrected chi connectivity index (χ3v) is 4.32. The average molecular weight is 480 g/mol. The molecule has 0 amide bonds. The predicted octanol–water partition coefficient (Wildman–Crippen LogP) is 3.79. The van der Waals surface area contributed by atoms with E-state index in [1.807, 2.05) is 30.5 Å². The van der Waals surface area contributed by atoms with Crippen LogP contribution in [0.2, 0.25) is 0 Å². The number of aliphatic imine (C=N–C) groups is 1. The highest BCUT2D eigenvalue weighted by Crippen LogP contribution is 2.30. The van der Waals surface area contributed by atoms with Crippen LogP contribution in [0.4, 0.5) is 0 Å². The summed E-state index contributed by atoms with van der Waals surface area (Å²) in [6.45, 7) is 5.15. The first-order valence-electron chi connectivity index (χ1n) is 9.47. The van der Waals surface area contributed by atoms with Crippen LogP contribution in [-0.4, -0.2) is 30.6 Å². The summed E-state index contributed by atoms with van der Waals surface area (Å²) in [5.41, 5.74) is 2.34. The first-order chi connectivity index (χ1) is 12.8. The van der Waals surface area contributed by atoms with Crippen molar-refractivity contribution in [3.8, 4) is 5.75 Å². The number of rotatable bonds is 9. The summed E-state index contributed by atoms with van der Waals surface area (Å²) >= 11 is 0. The molecule has 0 saturated heterocycles. The first-order valence-corrected chi connectivity index (χ1v) is 9.47. The van der Waals surface area contributed by atoms with Crippen molar-refractivity contribution in [3.63, 3.8) is 0 Å². The highest BCUT2D eigenvalue weighted by atomic mass is 127. The summed E-state index contributed by atoms with van der Waals surface area (Å²) in [5.74, 6) is 2.53. The highest BCUT2D eigenvalue weighted by Gasteiger charge is 2.22. The summed E-state index contributed by atoms with van der Waals surface area (Å²) in [7, 11) is 0. The van der Waals surface area contributed by atoms with Gasteiger partial charge in [-0.05, 0) is 49.8 Å². The molecule has 0 radical (unpaired) electrons. The minimum Gasteiger partial charge on any atom is -0.493 e. The van der Waals surface area contributed by atoms with Crippen molar-refractivity contribution >= 4 is 29.9 Å². The molecule has 6 heteroatoms. The minimum absolute atomic E-state index is 0. The average Bonchev–Trinajstić information content (AvgIpc) is 3.50. The SMILES string of the molecule is CCNC(=NCc1ccccc1OCC1CC1)NCCc1cccnc1.I. The molecule has 27 heavy (non-hydrogen) atoms. The quantitative estimate of drug-likeness (QED) is 0.326. The smallest absolute Gasteiger partial charge is 0.191 e. The van der Waals surface area contributed by atoms with Crippen molar-refractivity contribution < 1.29 is 4.74 Å². The molecule has 5 nitrogen and oxygen atoms in total. The van der Waals surface area contributed by atoms with Gasteiger partial charge in [0.15, 0.2) is 5.96 Å². The molecule has 1 saturated carbocycles. The van der Waals surface area contributed by atoms with Crippen molar-refractivity contribution in [2.75, 3.05) is 19.7 Å². The second-order valence-electron chi connectivity index (χ2n) is 6.60. The van der Waals surface area contributed by atoms with Crippen LogP contribution in [0.25, 0.3) is 0 Å². The normalized spacial score (nSPS) is 13.6. The fourth-order valence-corrected chi connectivity index (χ4v) is 2.64. The summed E-state index contributed by atoms with van der Waals surface area (Å²) in [5, 5.41) is 6.69. The van der Waals surface area contributed by atoms with Gasteiger partial charge in [-0.2, -0.15) is 0 Å². The zero-order valence-electron chi connectivity index (χ0n) is 15.9. The van der Waals surface area contributed by atoms with Gasteiger partial charge in [-0.25, -0.2) is 4.99 Å². The Morgan fingerprint density at radius 2 is 2.04 bits per heavy atom. The van der Waals surface area contributed by atoms with E-state index in [-0.39, 0.29) is 24.0 Å². The number of nitrogens with zero attached hydrogens (tertiary/aromatic N) is 2. The lowest BCUT2D eigenvalue weighted by Gasteiger charge is -2.13. The first kappa shape index (κ1) is 21.5. The van der Waals surface area contributed by atoms with Crippen molar-refractivity contribution in [2.45, 2.75) is 32.7 Å². The van der Waals surface area contributed by atoms with Crippen LogP contribution < -0.4 is 15.4 Å². The molecule has 1 heterocycles. The third-order valence-electron chi connectivity index (χ3n) is 4.32. The largest absolute Gasteiger partial charge is 0.493 e. The van der Waals surface area contributed by atoms with Crippen LogP contribution in [0.3, 0.4) is 0 Å². The van der Waals surface area contributed by atoms with Gasteiger partial charge in [0.25, 0.3) is 0 Å². The highest BCUT2D eigenvalue weighted by molar-refractivity contribution is 14.0. The lowest BCUT2D eigenvalue weighted by atomic mass is 10.2. The molecule has 1 aromatic carbocycles. The van der Waals surface area contributed by atoms with Crippen molar-refractivity contribution in [1.82, 2.24) is 15.6 Å². The van der Waals surface area contributed by atoms with E-state index in [1.54, 1.807) is 6.20 Å². The second kappa shape index (κ2) is 11.8. The van der Waals surface area contributed by atoms with Gasteiger partial charge < -0.3 is 15.4 Å².